The van der Waals surface area contributed by atoms with E-state index in [4.69, 9.17) is 35.7 Å². The van der Waals surface area contributed by atoms with Crippen molar-refractivity contribution in [2.45, 2.75) is 25.0 Å². The minimum atomic E-state index is -0.164. The number of likely N-dealkylation sites (tertiary alicyclic amines) is 1. The molecule has 2 aliphatic rings. The molecule has 6 rings (SSSR count). The number of rotatable bonds is 17. The SMILES string of the molecule is CNc1ccnc(Nc2ccc(OC)c(OCCCCl)c2)n1.CNc1ccnc(Nc2ccc(OC)c(OCCCN3CC(O)C3)c2)n1.Cl.OC1CNC1. The Balaban J connectivity index is 0.000000255. The van der Waals surface area contributed by atoms with E-state index in [0.29, 0.717) is 54.0 Å². The summed E-state index contributed by atoms with van der Waals surface area (Å²) in [5.41, 5.74) is 1.63. The van der Waals surface area contributed by atoms with Crippen molar-refractivity contribution in [1.29, 1.82) is 0 Å². The normalized spacial score (nSPS) is 13.5. The van der Waals surface area contributed by atoms with E-state index in [-0.39, 0.29) is 24.6 Å². The summed E-state index contributed by atoms with van der Waals surface area (Å²) in [5.74, 6) is 5.73. The number of aromatic nitrogens is 4. The lowest BCUT2D eigenvalue weighted by molar-refractivity contribution is 0.0000166. The van der Waals surface area contributed by atoms with Gasteiger partial charge in [-0.25, -0.2) is 9.97 Å². The number of nitrogens with zero attached hydrogens (tertiary/aromatic N) is 5. The molecule has 0 radical (unpaired) electrons. The number of β-amino-alcohol motifs (C(OH)–C–C–N with tert-alkyl or cyclic N) is 2. The van der Waals surface area contributed by atoms with E-state index in [9.17, 15) is 5.11 Å². The van der Waals surface area contributed by atoms with Crippen LogP contribution in [0.3, 0.4) is 0 Å². The molecule has 54 heavy (non-hydrogen) atoms. The molecule has 2 aromatic heterocycles. The number of hydrogen-bond donors (Lipinski definition) is 7. The zero-order valence-corrected chi connectivity index (χ0v) is 32.6. The molecule has 2 aliphatic heterocycles. The lowest BCUT2D eigenvalue weighted by atomic mass is 10.1. The molecule has 4 aromatic rings. The van der Waals surface area contributed by atoms with Gasteiger partial charge in [-0.05, 0) is 49.2 Å². The summed E-state index contributed by atoms with van der Waals surface area (Å²) in [4.78, 5) is 19.2. The van der Waals surface area contributed by atoms with Crippen molar-refractivity contribution >= 4 is 58.9 Å². The van der Waals surface area contributed by atoms with Gasteiger partial charge in [0.15, 0.2) is 23.0 Å². The first-order valence-corrected chi connectivity index (χ1v) is 17.9. The molecule has 2 fully saturated rings. The zero-order valence-electron chi connectivity index (χ0n) is 31.0. The highest BCUT2D eigenvalue weighted by Gasteiger charge is 2.23. The van der Waals surface area contributed by atoms with Crippen LogP contribution < -0.4 is 45.5 Å². The van der Waals surface area contributed by atoms with Crippen LogP contribution in [0.5, 0.6) is 23.0 Å². The van der Waals surface area contributed by atoms with Crippen molar-refractivity contribution in [2.24, 2.45) is 0 Å². The van der Waals surface area contributed by atoms with Gasteiger partial charge in [0.1, 0.15) is 11.6 Å². The lowest BCUT2D eigenvalue weighted by Crippen LogP contribution is -2.50. The first kappa shape index (κ1) is 43.8. The monoisotopic (exact) mass is 790 g/mol. The molecule has 0 amide bonds. The molecule has 0 spiro atoms. The molecule has 18 heteroatoms. The van der Waals surface area contributed by atoms with Gasteiger partial charge in [0.2, 0.25) is 11.9 Å². The van der Waals surface area contributed by atoms with Crippen LogP contribution in [0.1, 0.15) is 12.8 Å². The molecule has 7 N–H and O–H groups in total. The number of ether oxygens (including phenoxy) is 4. The number of halogens is 2. The van der Waals surface area contributed by atoms with Crippen molar-refractivity contribution in [3.05, 3.63) is 60.9 Å². The first-order chi connectivity index (χ1) is 25.8. The Morgan fingerprint density at radius 1 is 0.741 bits per heavy atom. The van der Waals surface area contributed by atoms with Crippen LogP contribution in [0.25, 0.3) is 0 Å². The molecule has 0 unspecified atom stereocenters. The molecule has 0 saturated carbocycles. The topological polar surface area (TPSA) is 192 Å². The summed E-state index contributed by atoms with van der Waals surface area (Å²) in [6.07, 6.45) is 4.82. The molecule has 2 saturated heterocycles. The molecule has 16 nitrogen and oxygen atoms in total. The van der Waals surface area contributed by atoms with Gasteiger partial charge >= 0.3 is 0 Å². The van der Waals surface area contributed by atoms with Crippen LogP contribution in [0.15, 0.2) is 60.9 Å². The average Bonchev–Trinajstić information content (AvgIpc) is 3.16. The number of methoxy groups -OCH3 is 2. The minimum Gasteiger partial charge on any atom is -0.493 e. The first-order valence-electron chi connectivity index (χ1n) is 17.4. The summed E-state index contributed by atoms with van der Waals surface area (Å²) in [7, 11) is 6.85. The summed E-state index contributed by atoms with van der Waals surface area (Å²) in [5, 5.41) is 32.8. The summed E-state index contributed by atoms with van der Waals surface area (Å²) in [6, 6.07) is 14.8. The highest BCUT2D eigenvalue weighted by Crippen LogP contribution is 2.32. The van der Waals surface area contributed by atoms with E-state index < -0.39 is 0 Å². The maximum absolute atomic E-state index is 9.30. The van der Waals surface area contributed by atoms with Crippen molar-refractivity contribution in [1.82, 2.24) is 30.2 Å². The second-order valence-corrected chi connectivity index (χ2v) is 12.2. The Labute approximate surface area is 327 Å². The second kappa shape index (κ2) is 24.0. The van der Waals surface area contributed by atoms with Crippen molar-refractivity contribution < 1.29 is 29.2 Å². The molecule has 0 atom stereocenters. The fraction of sp³-hybridized carbons (Fsp3) is 0.444. The van der Waals surface area contributed by atoms with Gasteiger partial charge < -0.3 is 55.7 Å². The minimum absolute atomic E-state index is 0. The van der Waals surface area contributed by atoms with Crippen LogP contribution in [-0.2, 0) is 0 Å². The van der Waals surface area contributed by atoms with Gasteiger partial charge in [0.05, 0.1) is 39.6 Å². The Morgan fingerprint density at radius 2 is 1.22 bits per heavy atom. The number of nitrogens with one attached hydrogen (secondary N) is 5. The standard InChI is InChI=1S/C18H25N5O3.C15H19ClN4O2.C3H7NO.ClH/c1-19-17-6-7-20-18(22-17)21-13-4-5-15(25-2)16(10-13)26-9-3-8-23-11-14(24)12-23;1-17-14-6-8-18-15(20-14)19-11-4-5-12(21-2)13(10-11)22-9-3-7-16;5-3-1-4-2-3;/h4-7,10,14,24H,3,8-9,11-12H2,1-2H3,(H2,19,20,21,22);4-6,8,10H,3,7,9H2,1-2H3,(H2,17,18,19,20);3-5H,1-2H2;1H. The van der Waals surface area contributed by atoms with Crippen molar-refractivity contribution in [3.8, 4) is 23.0 Å². The van der Waals surface area contributed by atoms with E-state index in [2.05, 4.69) is 51.4 Å². The maximum atomic E-state index is 9.30. The van der Waals surface area contributed by atoms with E-state index in [1.54, 1.807) is 38.7 Å². The van der Waals surface area contributed by atoms with Crippen molar-refractivity contribution in [3.63, 3.8) is 0 Å². The fourth-order valence-electron chi connectivity index (χ4n) is 4.81. The number of hydrogen-bond acceptors (Lipinski definition) is 16. The van der Waals surface area contributed by atoms with E-state index in [1.807, 2.05) is 50.5 Å². The van der Waals surface area contributed by atoms with E-state index in [0.717, 1.165) is 68.6 Å². The molecule has 0 aliphatic carbocycles. The molecule has 4 heterocycles. The van der Waals surface area contributed by atoms with Gasteiger partial charge in [0.25, 0.3) is 0 Å². The summed E-state index contributed by atoms with van der Waals surface area (Å²) in [6.45, 7) is 5.14. The fourth-order valence-corrected chi connectivity index (χ4v) is 4.92. The molecule has 2 aromatic carbocycles. The predicted octanol–water partition coefficient (Wildman–Crippen LogP) is 4.37. The van der Waals surface area contributed by atoms with Crippen LogP contribution in [0.4, 0.5) is 34.9 Å². The van der Waals surface area contributed by atoms with Gasteiger partial charge in [-0.3, -0.25) is 4.90 Å². The van der Waals surface area contributed by atoms with Crippen LogP contribution in [0.2, 0.25) is 0 Å². The van der Waals surface area contributed by atoms with Gasteiger partial charge in [0, 0.05) is 88.6 Å². The van der Waals surface area contributed by atoms with Gasteiger partial charge in [-0.15, -0.1) is 24.0 Å². The van der Waals surface area contributed by atoms with Crippen LogP contribution in [0, 0.1) is 0 Å². The average molecular weight is 792 g/mol. The highest BCUT2D eigenvalue weighted by atomic mass is 35.5. The van der Waals surface area contributed by atoms with E-state index >= 15 is 0 Å². The molecular weight excluding hydrogens is 739 g/mol. The number of aliphatic hydroxyl groups excluding tert-OH is 2. The van der Waals surface area contributed by atoms with Gasteiger partial charge in [-0.1, -0.05) is 0 Å². The number of aliphatic hydroxyl groups is 2. The Morgan fingerprint density at radius 3 is 1.61 bits per heavy atom. The third kappa shape index (κ3) is 14.7. The third-order valence-electron chi connectivity index (χ3n) is 7.77. The quantitative estimate of drug-likeness (QED) is 0.0589. The third-order valence-corrected chi connectivity index (χ3v) is 8.04. The van der Waals surface area contributed by atoms with Crippen LogP contribution in [-0.4, -0.2) is 127 Å². The Kier molecular flexibility index (Phi) is 19.4. The molecular formula is C36H52Cl2N10O6. The van der Waals surface area contributed by atoms with Crippen LogP contribution >= 0.6 is 24.0 Å². The number of benzene rings is 2. The maximum Gasteiger partial charge on any atom is 0.229 e. The number of anilines is 6. The summed E-state index contributed by atoms with van der Waals surface area (Å²) >= 11 is 5.66. The predicted molar refractivity (Wildman–Crippen MR) is 215 cm³/mol. The second-order valence-electron chi connectivity index (χ2n) is 11.8. The Bertz CT molecular complexity index is 1670. The lowest BCUT2D eigenvalue weighted by Gasteiger charge is -2.35. The van der Waals surface area contributed by atoms with E-state index in [1.165, 1.54) is 0 Å². The largest absolute Gasteiger partial charge is 0.493 e. The smallest absolute Gasteiger partial charge is 0.229 e. The van der Waals surface area contributed by atoms with Crippen molar-refractivity contribution in [2.75, 3.05) is 101 Å². The summed E-state index contributed by atoms with van der Waals surface area (Å²) < 4.78 is 22.2. The number of alkyl halides is 1. The zero-order chi connectivity index (χ0) is 37.8. The van der Waals surface area contributed by atoms with Gasteiger partial charge in [-0.2, -0.15) is 9.97 Å². The highest BCUT2D eigenvalue weighted by molar-refractivity contribution is 6.17. The molecule has 0 bridgehead atoms. The Hall–Kier alpha value is -4.58. The molecule has 296 valence electrons.